The molecule has 5 nitrogen and oxygen atoms in total. The first-order valence-electron chi connectivity index (χ1n) is 8.14. The number of carbonyl (C=O) groups excluding carboxylic acids is 1. The predicted octanol–water partition coefficient (Wildman–Crippen LogP) is 2.38. The van der Waals surface area contributed by atoms with Crippen LogP contribution in [0, 0.1) is 5.92 Å². The van der Waals surface area contributed by atoms with Crippen LogP contribution in [0.4, 0.5) is 0 Å². The second-order valence-corrected chi connectivity index (χ2v) is 8.78. The molecular formula is C18H25NO4S. The quantitative estimate of drug-likeness (QED) is 0.738. The zero-order valence-corrected chi connectivity index (χ0v) is 15.3. The molecule has 0 spiro atoms. The largest absolute Gasteiger partial charge is 0.497 e. The molecule has 6 heteroatoms. The molecule has 1 fully saturated rings. The van der Waals surface area contributed by atoms with E-state index in [1.54, 1.807) is 18.1 Å². The van der Waals surface area contributed by atoms with Crippen molar-refractivity contribution in [3.8, 4) is 5.75 Å². The summed E-state index contributed by atoms with van der Waals surface area (Å²) < 4.78 is 28.6. The standard InChI is InChI=1S/C18H25NO4S/c1-14(2)12-19(16-10-11-24(21,22)13-16)18(20)9-6-15-4-7-17(23-3)8-5-15/h4-9,14,16H,10-13H2,1-3H3. The topological polar surface area (TPSA) is 63.7 Å². The molecule has 0 aliphatic carbocycles. The minimum atomic E-state index is -3.02. The highest BCUT2D eigenvalue weighted by Crippen LogP contribution is 2.20. The Kier molecular flexibility index (Phi) is 6.04. The molecule has 1 aromatic rings. The zero-order valence-electron chi connectivity index (χ0n) is 14.4. The number of hydrogen-bond donors (Lipinski definition) is 0. The summed E-state index contributed by atoms with van der Waals surface area (Å²) >= 11 is 0. The van der Waals surface area contributed by atoms with E-state index in [9.17, 15) is 13.2 Å². The van der Waals surface area contributed by atoms with Crippen LogP contribution in [0.3, 0.4) is 0 Å². The number of carbonyl (C=O) groups is 1. The molecule has 0 bridgehead atoms. The van der Waals surface area contributed by atoms with Gasteiger partial charge in [0.25, 0.3) is 0 Å². The van der Waals surface area contributed by atoms with Crippen LogP contribution in [-0.4, -0.2) is 50.4 Å². The number of rotatable bonds is 6. The maximum atomic E-state index is 12.6. The van der Waals surface area contributed by atoms with Crippen molar-refractivity contribution in [3.63, 3.8) is 0 Å². The van der Waals surface area contributed by atoms with Gasteiger partial charge in [-0.05, 0) is 36.1 Å². The van der Waals surface area contributed by atoms with Gasteiger partial charge < -0.3 is 9.64 Å². The summed E-state index contributed by atoms with van der Waals surface area (Å²) in [5, 5.41) is 0. The van der Waals surface area contributed by atoms with Gasteiger partial charge in [0.05, 0.1) is 18.6 Å². The van der Waals surface area contributed by atoms with Crippen LogP contribution in [0.2, 0.25) is 0 Å². The van der Waals surface area contributed by atoms with Gasteiger partial charge >= 0.3 is 0 Å². The first-order valence-corrected chi connectivity index (χ1v) is 9.96. The highest BCUT2D eigenvalue weighted by atomic mass is 32.2. The van der Waals surface area contributed by atoms with Gasteiger partial charge in [-0.3, -0.25) is 4.79 Å². The molecule has 1 aliphatic rings. The molecule has 0 saturated carbocycles. The summed E-state index contributed by atoms with van der Waals surface area (Å²) in [6, 6.07) is 7.19. The SMILES string of the molecule is COc1ccc(C=CC(=O)N(CC(C)C)C2CCS(=O)(=O)C2)cc1. The minimum Gasteiger partial charge on any atom is -0.497 e. The number of amides is 1. The van der Waals surface area contributed by atoms with Crippen LogP contribution in [0.5, 0.6) is 5.75 Å². The molecule has 0 N–H and O–H groups in total. The van der Waals surface area contributed by atoms with E-state index in [4.69, 9.17) is 4.74 Å². The Balaban J connectivity index is 2.10. The van der Waals surface area contributed by atoms with Crippen molar-refractivity contribution < 1.29 is 17.9 Å². The summed E-state index contributed by atoms with van der Waals surface area (Å²) in [4.78, 5) is 14.3. The molecule has 0 radical (unpaired) electrons. The number of hydrogen-bond acceptors (Lipinski definition) is 4. The molecule has 24 heavy (non-hydrogen) atoms. The molecule has 1 aliphatic heterocycles. The number of methoxy groups -OCH3 is 1. The van der Waals surface area contributed by atoms with Crippen LogP contribution in [0.25, 0.3) is 6.08 Å². The lowest BCUT2D eigenvalue weighted by molar-refractivity contribution is -0.128. The van der Waals surface area contributed by atoms with Crippen molar-refractivity contribution in [2.45, 2.75) is 26.3 Å². The fraction of sp³-hybridized carbons (Fsp3) is 0.500. The average molecular weight is 351 g/mol. The van der Waals surface area contributed by atoms with Crippen molar-refractivity contribution in [1.82, 2.24) is 4.90 Å². The van der Waals surface area contributed by atoms with E-state index < -0.39 is 9.84 Å². The molecule has 1 atom stereocenters. The van der Waals surface area contributed by atoms with Gasteiger partial charge in [-0.15, -0.1) is 0 Å². The van der Waals surface area contributed by atoms with Gasteiger partial charge in [0, 0.05) is 18.7 Å². The van der Waals surface area contributed by atoms with Crippen molar-refractivity contribution in [2.75, 3.05) is 25.2 Å². The fourth-order valence-electron chi connectivity index (χ4n) is 2.81. The molecule has 1 saturated heterocycles. The summed E-state index contributed by atoms with van der Waals surface area (Å²) in [5.74, 6) is 1.15. The Morgan fingerprint density at radius 3 is 2.50 bits per heavy atom. The van der Waals surface area contributed by atoms with Gasteiger partial charge in [0.2, 0.25) is 5.91 Å². The van der Waals surface area contributed by atoms with Crippen LogP contribution in [-0.2, 0) is 14.6 Å². The monoisotopic (exact) mass is 351 g/mol. The lowest BCUT2D eigenvalue weighted by Crippen LogP contribution is -2.42. The third-order valence-electron chi connectivity index (χ3n) is 4.03. The van der Waals surface area contributed by atoms with Gasteiger partial charge in [-0.2, -0.15) is 0 Å². The summed E-state index contributed by atoms with van der Waals surface area (Å²) in [6.45, 7) is 4.61. The Labute approximate surface area is 144 Å². The van der Waals surface area contributed by atoms with E-state index in [1.807, 2.05) is 38.1 Å². The number of nitrogens with zero attached hydrogens (tertiary/aromatic N) is 1. The zero-order chi connectivity index (χ0) is 17.7. The molecule has 1 heterocycles. The van der Waals surface area contributed by atoms with E-state index in [2.05, 4.69) is 0 Å². The van der Waals surface area contributed by atoms with Crippen LogP contribution in [0.1, 0.15) is 25.8 Å². The first kappa shape index (κ1) is 18.5. The molecule has 0 aromatic heterocycles. The van der Waals surface area contributed by atoms with Gasteiger partial charge in [0.1, 0.15) is 5.75 Å². The average Bonchev–Trinajstić information content (AvgIpc) is 2.90. The van der Waals surface area contributed by atoms with Crippen molar-refractivity contribution in [1.29, 1.82) is 0 Å². The lowest BCUT2D eigenvalue weighted by atomic mass is 10.1. The highest BCUT2D eigenvalue weighted by molar-refractivity contribution is 7.91. The van der Waals surface area contributed by atoms with E-state index in [-0.39, 0.29) is 29.4 Å². The summed E-state index contributed by atoms with van der Waals surface area (Å²) in [6.07, 6.45) is 3.80. The van der Waals surface area contributed by atoms with Crippen molar-refractivity contribution in [2.24, 2.45) is 5.92 Å². The summed E-state index contributed by atoms with van der Waals surface area (Å²) in [7, 11) is -1.41. The highest BCUT2D eigenvalue weighted by Gasteiger charge is 2.34. The number of ether oxygens (including phenoxy) is 1. The van der Waals surface area contributed by atoms with E-state index >= 15 is 0 Å². The molecule has 1 amide bonds. The molecule has 1 unspecified atom stereocenters. The van der Waals surface area contributed by atoms with Gasteiger partial charge in [-0.1, -0.05) is 26.0 Å². The second-order valence-electron chi connectivity index (χ2n) is 6.55. The van der Waals surface area contributed by atoms with E-state index in [0.29, 0.717) is 13.0 Å². The fourth-order valence-corrected chi connectivity index (χ4v) is 4.54. The Morgan fingerprint density at radius 1 is 1.33 bits per heavy atom. The maximum absolute atomic E-state index is 12.6. The van der Waals surface area contributed by atoms with E-state index in [1.165, 1.54) is 6.08 Å². The minimum absolute atomic E-state index is 0.0713. The Morgan fingerprint density at radius 2 is 2.00 bits per heavy atom. The van der Waals surface area contributed by atoms with Gasteiger partial charge in [-0.25, -0.2) is 8.42 Å². The molecule has 1 aromatic carbocycles. The van der Waals surface area contributed by atoms with Crippen LogP contribution >= 0.6 is 0 Å². The molecular weight excluding hydrogens is 326 g/mol. The van der Waals surface area contributed by atoms with E-state index in [0.717, 1.165) is 11.3 Å². The number of benzene rings is 1. The van der Waals surface area contributed by atoms with Crippen molar-refractivity contribution >= 4 is 21.8 Å². The summed E-state index contributed by atoms with van der Waals surface area (Å²) in [5.41, 5.74) is 0.896. The second kappa shape index (κ2) is 7.83. The molecule has 2 rings (SSSR count). The van der Waals surface area contributed by atoms with Gasteiger partial charge in [0.15, 0.2) is 9.84 Å². The first-order chi connectivity index (χ1) is 11.3. The van der Waals surface area contributed by atoms with Crippen LogP contribution < -0.4 is 4.74 Å². The normalized spacial score (nSPS) is 19.8. The lowest BCUT2D eigenvalue weighted by Gasteiger charge is -2.28. The maximum Gasteiger partial charge on any atom is 0.246 e. The van der Waals surface area contributed by atoms with Crippen LogP contribution in [0.15, 0.2) is 30.3 Å². The molecule has 132 valence electrons. The van der Waals surface area contributed by atoms with Crippen molar-refractivity contribution in [3.05, 3.63) is 35.9 Å². The smallest absolute Gasteiger partial charge is 0.246 e. The predicted molar refractivity (Wildman–Crippen MR) is 95.6 cm³/mol. The third-order valence-corrected chi connectivity index (χ3v) is 5.78. The Bertz CT molecular complexity index is 692. The third kappa shape index (κ3) is 5.09. The number of sulfone groups is 1. The Hall–Kier alpha value is -1.82.